The van der Waals surface area contributed by atoms with E-state index < -0.39 is 0 Å². The van der Waals surface area contributed by atoms with Crippen LogP contribution in [0.5, 0.6) is 0 Å². The summed E-state index contributed by atoms with van der Waals surface area (Å²) in [5.74, 6) is 0. The fourth-order valence-electron chi connectivity index (χ4n) is 1.42. The van der Waals surface area contributed by atoms with Crippen molar-refractivity contribution in [2.24, 2.45) is 0 Å². The van der Waals surface area contributed by atoms with Crippen molar-refractivity contribution in [3.63, 3.8) is 0 Å². The number of furan rings is 1. The fourth-order valence-corrected chi connectivity index (χ4v) is 1.42. The Bertz CT molecular complexity index is 382. The molecule has 3 rings (SSSR count). The molecule has 0 aliphatic heterocycles. The second-order valence-electron chi connectivity index (χ2n) is 3.10. The van der Waals surface area contributed by atoms with Gasteiger partial charge in [-0.3, -0.25) is 0 Å². The molecule has 2 aromatic rings. The van der Waals surface area contributed by atoms with E-state index >= 15 is 0 Å². The van der Waals surface area contributed by atoms with Crippen LogP contribution < -0.4 is 0 Å². The van der Waals surface area contributed by atoms with E-state index in [4.69, 9.17) is 0 Å². The van der Waals surface area contributed by atoms with Gasteiger partial charge >= 0.3 is 0 Å². The molecule has 1 heterocycles. The minimum Gasteiger partial charge on any atom is -0.473 e. The van der Waals surface area contributed by atoms with Crippen molar-refractivity contribution < 1.29 is 4.42 Å². The van der Waals surface area contributed by atoms with Gasteiger partial charge in [0.05, 0.1) is 12.5 Å². The summed E-state index contributed by atoms with van der Waals surface area (Å²) in [4.78, 5) is 0. The van der Waals surface area contributed by atoms with Crippen molar-refractivity contribution in [2.45, 2.75) is 6.42 Å². The summed E-state index contributed by atoms with van der Waals surface area (Å²) in [6.07, 6.45) is 8.75. The standard InChI is InChI=1S/C9H8.C4H4O/c1-2-5-9-7-3-6-8(9)4-1;1-2-4-5-3-1/h1-6H,7H2;1-4H. The molecule has 0 unspecified atom stereocenters. The maximum atomic E-state index is 4.58. The molecule has 0 spiro atoms. The quantitative estimate of drug-likeness (QED) is 0.610. The second-order valence-corrected chi connectivity index (χ2v) is 3.10. The second kappa shape index (κ2) is 4.47. The first kappa shape index (κ1) is 8.82. The first-order chi connectivity index (χ1) is 6.97. The predicted molar refractivity (Wildman–Crippen MR) is 57.9 cm³/mol. The minimum atomic E-state index is 1.12. The number of fused-ring (bicyclic) bond motifs is 1. The van der Waals surface area contributed by atoms with Crippen LogP contribution in [0.25, 0.3) is 6.08 Å². The van der Waals surface area contributed by atoms with Crippen molar-refractivity contribution in [2.75, 3.05) is 0 Å². The molecule has 0 amide bonds. The zero-order chi connectivity index (χ0) is 9.64. The molecular weight excluding hydrogens is 172 g/mol. The SMILES string of the molecule is C1=Cc2ccccc2C1.c1ccoc1. The number of hydrogen-bond donors (Lipinski definition) is 0. The molecule has 1 aromatic heterocycles. The van der Waals surface area contributed by atoms with E-state index in [1.54, 1.807) is 12.5 Å². The van der Waals surface area contributed by atoms with Crippen LogP contribution in [-0.4, -0.2) is 0 Å². The Morgan fingerprint density at radius 2 is 1.71 bits per heavy atom. The van der Waals surface area contributed by atoms with Crippen LogP contribution in [0.3, 0.4) is 0 Å². The smallest absolute Gasteiger partial charge is 0.0902 e. The van der Waals surface area contributed by atoms with E-state index in [0.717, 1.165) is 6.42 Å². The van der Waals surface area contributed by atoms with Crippen LogP contribution in [0.4, 0.5) is 0 Å². The van der Waals surface area contributed by atoms with Gasteiger partial charge in [-0.1, -0.05) is 36.4 Å². The fraction of sp³-hybridized carbons (Fsp3) is 0.0769. The molecule has 1 aliphatic rings. The maximum absolute atomic E-state index is 4.58. The van der Waals surface area contributed by atoms with Crippen molar-refractivity contribution in [1.29, 1.82) is 0 Å². The number of rotatable bonds is 0. The molecule has 0 fully saturated rings. The first-order valence-electron chi connectivity index (χ1n) is 4.68. The Morgan fingerprint density at radius 1 is 0.929 bits per heavy atom. The Labute approximate surface area is 83.7 Å². The highest BCUT2D eigenvalue weighted by atomic mass is 16.3. The van der Waals surface area contributed by atoms with Crippen LogP contribution in [0.2, 0.25) is 0 Å². The zero-order valence-corrected chi connectivity index (χ0v) is 7.89. The molecular formula is C13H12O. The van der Waals surface area contributed by atoms with Gasteiger partial charge in [0.1, 0.15) is 0 Å². The lowest BCUT2D eigenvalue weighted by molar-refractivity contribution is 0.567. The van der Waals surface area contributed by atoms with Gasteiger partial charge in [0.15, 0.2) is 0 Å². The topological polar surface area (TPSA) is 13.1 Å². The molecule has 0 atom stereocenters. The molecule has 1 aliphatic carbocycles. The van der Waals surface area contributed by atoms with Crippen molar-refractivity contribution >= 4 is 6.08 Å². The van der Waals surface area contributed by atoms with E-state index in [9.17, 15) is 0 Å². The van der Waals surface area contributed by atoms with E-state index in [0.29, 0.717) is 0 Å². The molecule has 0 saturated carbocycles. The highest BCUT2D eigenvalue weighted by Crippen LogP contribution is 2.17. The summed E-state index contributed by atoms with van der Waals surface area (Å²) < 4.78 is 4.58. The third kappa shape index (κ3) is 2.13. The zero-order valence-electron chi connectivity index (χ0n) is 7.89. The molecule has 1 heteroatoms. The molecule has 1 aromatic carbocycles. The summed E-state index contributed by atoms with van der Waals surface area (Å²) in [7, 11) is 0. The summed E-state index contributed by atoms with van der Waals surface area (Å²) >= 11 is 0. The maximum Gasteiger partial charge on any atom is 0.0902 e. The summed E-state index contributed by atoms with van der Waals surface area (Å²) in [6.45, 7) is 0. The molecule has 0 bridgehead atoms. The number of allylic oxidation sites excluding steroid dienone is 1. The largest absolute Gasteiger partial charge is 0.473 e. The summed E-state index contributed by atoms with van der Waals surface area (Å²) in [5, 5.41) is 0. The van der Waals surface area contributed by atoms with Gasteiger partial charge < -0.3 is 4.42 Å². The molecule has 70 valence electrons. The summed E-state index contributed by atoms with van der Waals surface area (Å²) in [6, 6.07) is 12.2. The summed E-state index contributed by atoms with van der Waals surface area (Å²) in [5.41, 5.74) is 2.84. The Balaban J connectivity index is 0.000000128. The molecule has 0 saturated heterocycles. The highest BCUT2D eigenvalue weighted by Gasteiger charge is 2.00. The normalized spacial score (nSPS) is 11.7. The van der Waals surface area contributed by atoms with Crippen LogP contribution in [0.15, 0.2) is 59.4 Å². The van der Waals surface area contributed by atoms with Crippen molar-refractivity contribution in [3.8, 4) is 0 Å². The molecule has 1 nitrogen and oxygen atoms in total. The monoisotopic (exact) mass is 184 g/mol. The van der Waals surface area contributed by atoms with Gasteiger partial charge in [-0.25, -0.2) is 0 Å². The lowest BCUT2D eigenvalue weighted by atomic mass is 10.1. The van der Waals surface area contributed by atoms with Crippen LogP contribution >= 0.6 is 0 Å². The predicted octanol–water partition coefficient (Wildman–Crippen LogP) is 3.54. The third-order valence-electron chi connectivity index (χ3n) is 2.12. The van der Waals surface area contributed by atoms with Gasteiger partial charge in [-0.2, -0.15) is 0 Å². The van der Waals surface area contributed by atoms with Gasteiger partial charge in [0.2, 0.25) is 0 Å². The Morgan fingerprint density at radius 3 is 2.36 bits per heavy atom. The van der Waals surface area contributed by atoms with Crippen molar-refractivity contribution in [3.05, 3.63) is 66.1 Å². The Hall–Kier alpha value is -1.76. The van der Waals surface area contributed by atoms with E-state index in [1.165, 1.54) is 11.1 Å². The van der Waals surface area contributed by atoms with Crippen LogP contribution in [0.1, 0.15) is 11.1 Å². The Kier molecular flexibility index (Phi) is 2.82. The van der Waals surface area contributed by atoms with Crippen LogP contribution in [-0.2, 0) is 6.42 Å². The minimum absolute atomic E-state index is 1.12. The van der Waals surface area contributed by atoms with Gasteiger partial charge in [-0.05, 0) is 29.7 Å². The lowest BCUT2D eigenvalue weighted by Crippen LogP contribution is -1.76. The van der Waals surface area contributed by atoms with E-state index in [-0.39, 0.29) is 0 Å². The highest BCUT2D eigenvalue weighted by molar-refractivity contribution is 5.59. The average molecular weight is 184 g/mol. The first-order valence-corrected chi connectivity index (χ1v) is 4.68. The average Bonchev–Trinajstić information content (AvgIpc) is 2.92. The van der Waals surface area contributed by atoms with Gasteiger partial charge in [-0.15, -0.1) is 0 Å². The van der Waals surface area contributed by atoms with Gasteiger partial charge in [0, 0.05) is 0 Å². The third-order valence-corrected chi connectivity index (χ3v) is 2.12. The number of benzene rings is 1. The van der Waals surface area contributed by atoms with E-state index in [1.807, 2.05) is 12.1 Å². The molecule has 14 heavy (non-hydrogen) atoms. The molecule has 0 N–H and O–H groups in total. The van der Waals surface area contributed by atoms with Crippen molar-refractivity contribution in [1.82, 2.24) is 0 Å². The molecule has 0 radical (unpaired) electrons. The van der Waals surface area contributed by atoms with Crippen LogP contribution in [0, 0.1) is 0 Å². The lowest BCUT2D eigenvalue weighted by Gasteiger charge is -1.93. The van der Waals surface area contributed by atoms with Gasteiger partial charge in [0.25, 0.3) is 0 Å². The van der Waals surface area contributed by atoms with E-state index in [2.05, 4.69) is 40.8 Å². The number of hydrogen-bond acceptors (Lipinski definition) is 1.